The van der Waals surface area contributed by atoms with Crippen LogP contribution in [0.4, 0.5) is 11.4 Å². The first kappa shape index (κ1) is 15.9. The van der Waals surface area contributed by atoms with Crippen molar-refractivity contribution in [2.45, 2.75) is 26.2 Å². The maximum Gasteiger partial charge on any atom is 0.0645 e. The third-order valence-corrected chi connectivity index (χ3v) is 3.86. The van der Waals surface area contributed by atoms with Gasteiger partial charge in [-0.3, -0.25) is 0 Å². The first-order valence-corrected chi connectivity index (χ1v) is 7.95. The van der Waals surface area contributed by atoms with Crippen LogP contribution in [0.2, 0.25) is 5.02 Å². The van der Waals surface area contributed by atoms with E-state index in [4.69, 9.17) is 17.3 Å². The van der Waals surface area contributed by atoms with Crippen molar-refractivity contribution in [3.05, 3.63) is 59.1 Å². The highest BCUT2D eigenvalue weighted by Crippen LogP contribution is 2.35. The van der Waals surface area contributed by atoms with Gasteiger partial charge in [-0.05, 0) is 43.1 Å². The van der Waals surface area contributed by atoms with Crippen LogP contribution in [0.3, 0.4) is 0 Å². The zero-order valence-electron chi connectivity index (χ0n) is 12.6. The Morgan fingerprint density at radius 1 is 1.05 bits per heavy atom. The number of unbranched alkanes of at least 4 members (excludes halogenated alkanes) is 1. The molecule has 0 bridgehead atoms. The lowest BCUT2D eigenvalue weighted by Gasteiger charge is -2.28. The van der Waals surface area contributed by atoms with Crippen LogP contribution in [0.5, 0.6) is 0 Å². The van der Waals surface area contributed by atoms with Gasteiger partial charge in [-0.2, -0.15) is 0 Å². The summed E-state index contributed by atoms with van der Waals surface area (Å²) in [5.74, 6) is 0. The Bertz CT molecular complexity index is 554. The molecule has 0 aliphatic rings. The number of halogens is 1. The second-order valence-electron chi connectivity index (χ2n) is 5.13. The number of hydrogen-bond acceptors (Lipinski definition) is 2. The molecule has 0 aliphatic heterocycles. The van der Waals surface area contributed by atoms with Crippen molar-refractivity contribution in [2.24, 2.45) is 5.73 Å². The molecule has 3 heteroatoms. The first-order chi connectivity index (χ1) is 10.3. The lowest BCUT2D eigenvalue weighted by atomic mass is 10.1. The largest absolute Gasteiger partial charge is 0.340 e. The normalized spacial score (nSPS) is 10.6. The van der Waals surface area contributed by atoms with Gasteiger partial charge in [0, 0.05) is 12.2 Å². The van der Waals surface area contributed by atoms with Crippen LogP contribution < -0.4 is 10.6 Å². The minimum absolute atomic E-state index is 0.629. The SMILES string of the molecule is CCCCN(c1ccccc1)c1c(Cl)cccc1CCN. The summed E-state index contributed by atoms with van der Waals surface area (Å²) in [6, 6.07) is 16.5. The van der Waals surface area contributed by atoms with Crippen LogP contribution in [0.25, 0.3) is 0 Å². The summed E-state index contributed by atoms with van der Waals surface area (Å²) < 4.78 is 0. The van der Waals surface area contributed by atoms with Gasteiger partial charge >= 0.3 is 0 Å². The Hall–Kier alpha value is -1.51. The zero-order chi connectivity index (χ0) is 15.1. The average Bonchev–Trinajstić information content (AvgIpc) is 2.51. The van der Waals surface area contributed by atoms with Crippen molar-refractivity contribution in [3.63, 3.8) is 0 Å². The predicted molar refractivity (Wildman–Crippen MR) is 92.6 cm³/mol. The maximum absolute atomic E-state index is 6.51. The molecule has 0 aromatic heterocycles. The van der Waals surface area contributed by atoms with Gasteiger partial charge in [-0.1, -0.05) is 55.3 Å². The van der Waals surface area contributed by atoms with E-state index in [0.717, 1.165) is 36.5 Å². The molecule has 0 radical (unpaired) electrons. The minimum Gasteiger partial charge on any atom is -0.340 e. The van der Waals surface area contributed by atoms with Gasteiger partial charge in [-0.25, -0.2) is 0 Å². The molecule has 0 spiro atoms. The maximum atomic E-state index is 6.51. The van der Waals surface area contributed by atoms with E-state index in [-0.39, 0.29) is 0 Å². The van der Waals surface area contributed by atoms with Crippen LogP contribution in [-0.4, -0.2) is 13.1 Å². The number of benzene rings is 2. The van der Waals surface area contributed by atoms with Gasteiger partial charge in [0.1, 0.15) is 0 Å². The van der Waals surface area contributed by atoms with Crippen LogP contribution >= 0.6 is 11.6 Å². The summed E-state index contributed by atoms with van der Waals surface area (Å²) >= 11 is 6.51. The van der Waals surface area contributed by atoms with Gasteiger partial charge < -0.3 is 10.6 Å². The highest BCUT2D eigenvalue weighted by atomic mass is 35.5. The Morgan fingerprint density at radius 3 is 2.48 bits per heavy atom. The van der Waals surface area contributed by atoms with Crippen molar-refractivity contribution >= 4 is 23.0 Å². The third kappa shape index (κ3) is 3.99. The van der Waals surface area contributed by atoms with E-state index in [1.54, 1.807) is 0 Å². The van der Waals surface area contributed by atoms with E-state index in [1.807, 2.05) is 18.2 Å². The number of nitrogens with two attached hydrogens (primary N) is 1. The van der Waals surface area contributed by atoms with Crippen LogP contribution in [-0.2, 0) is 6.42 Å². The van der Waals surface area contributed by atoms with E-state index < -0.39 is 0 Å². The highest BCUT2D eigenvalue weighted by Gasteiger charge is 2.16. The molecular formula is C18H23ClN2. The summed E-state index contributed by atoms with van der Waals surface area (Å²) in [6.07, 6.45) is 3.12. The van der Waals surface area contributed by atoms with Gasteiger partial charge in [0.05, 0.1) is 10.7 Å². The molecule has 0 unspecified atom stereocenters. The predicted octanol–water partition coefficient (Wildman–Crippen LogP) is 4.78. The molecule has 0 saturated carbocycles. The van der Waals surface area contributed by atoms with Gasteiger partial charge in [0.2, 0.25) is 0 Å². The smallest absolute Gasteiger partial charge is 0.0645 e. The Morgan fingerprint density at radius 2 is 1.81 bits per heavy atom. The Kier molecular flexibility index (Phi) is 6.09. The van der Waals surface area contributed by atoms with Gasteiger partial charge in [0.15, 0.2) is 0 Å². The van der Waals surface area contributed by atoms with Crippen LogP contribution in [0.1, 0.15) is 25.3 Å². The summed E-state index contributed by atoms with van der Waals surface area (Å²) in [4.78, 5) is 2.32. The number of rotatable bonds is 7. The molecule has 21 heavy (non-hydrogen) atoms. The molecule has 2 nitrogen and oxygen atoms in total. The minimum atomic E-state index is 0.629. The molecule has 2 aromatic rings. The first-order valence-electron chi connectivity index (χ1n) is 7.58. The molecule has 0 fully saturated rings. The Balaban J connectivity index is 2.46. The number of nitrogens with zero attached hydrogens (tertiary/aromatic N) is 1. The number of para-hydroxylation sites is 2. The molecule has 0 saturated heterocycles. The molecule has 0 amide bonds. The number of hydrogen-bond donors (Lipinski definition) is 1. The van der Waals surface area contributed by atoms with Crippen molar-refractivity contribution in [2.75, 3.05) is 18.0 Å². The molecule has 112 valence electrons. The summed E-state index contributed by atoms with van der Waals surface area (Å²) in [5, 5.41) is 0.793. The number of anilines is 2. The van der Waals surface area contributed by atoms with E-state index >= 15 is 0 Å². The van der Waals surface area contributed by atoms with Crippen molar-refractivity contribution in [3.8, 4) is 0 Å². The second kappa shape index (κ2) is 8.06. The molecule has 0 aliphatic carbocycles. The second-order valence-corrected chi connectivity index (χ2v) is 5.53. The van der Waals surface area contributed by atoms with E-state index in [9.17, 15) is 0 Å². The monoisotopic (exact) mass is 302 g/mol. The molecule has 0 heterocycles. The van der Waals surface area contributed by atoms with Crippen molar-refractivity contribution in [1.82, 2.24) is 0 Å². The Labute approximate surface area is 132 Å². The van der Waals surface area contributed by atoms with E-state index in [2.05, 4.69) is 42.2 Å². The third-order valence-electron chi connectivity index (χ3n) is 3.56. The topological polar surface area (TPSA) is 29.3 Å². The summed E-state index contributed by atoms with van der Waals surface area (Å²) in [6.45, 7) is 3.79. The van der Waals surface area contributed by atoms with E-state index in [0.29, 0.717) is 6.54 Å². The van der Waals surface area contributed by atoms with Crippen molar-refractivity contribution in [1.29, 1.82) is 0 Å². The standard InChI is InChI=1S/C18H23ClN2/c1-2-3-14-21(16-9-5-4-6-10-16)18-15(12-13-20)8-7-11-17(18)19/h4-11H,2-3,12-14,20H2,1H3. The fraction of sp³-hybridized carbons (Fsp3) is 0.333. The molecule has 0 atom stereocenters. The van der Waals surface area contributed by atoms with Crippen molar-refractivity contribution < 1.29 is 0 Å². The fourth-order valence-corrected chi connectivity index (χ4v) is 2.81. The van der Waals surface area contributed by atoms with E-state index in [1.165, 1.54) is 11.3 Å². The molecule has 2 rings (SSSR count). The summed E-state index contributed by atoms with van der Waals surface area (Å²) in [5.41, 5.74) is 9.25. The van der Waals surface area contributed by atoms with Gasteiger partial charge in [0.25, 0.3) is 0 Å². The highest BCUT2D eigenvalue weighted by molar-refractivity contribution is 6.33. The fourth-order valence-electron chi connectivity index (χ4n) is 2.51. The van der Waals surface area contributed by atoms with Gasteiger partial charge in [-0.15, -0.1) is 0 Å². The van der Waals surface area contributed by atoms with Crippen LogP contribution in [0.15, 0.2) is 48.5 Å². The zero-order valence-corrected chi connectivity index (χ0v) is 13.3. The average molecular weight is 303 g/mol. The quantitative estimate of drug-likeness (QED) is 0.797. The molecule has 2 N–H and O–H groups in total. The molecular weight excluding hydrogens is 280 g/mol. The summed E-state index contributed by atoms with van der Waals surface area (Å²) in [7, 11) is 0. The lowest BCUT2D eigenvalue weighted by molar-refractivity contribution is 0.782. The van der Waals surface area contributed by atoms with Crippen LogP contribution in [0, 0.1) is 0 Å². The lowest BCUT2D eigenvalue weighted by Crippen LogP contribution is -2.21. The molecule has 2 aromatic carbocycles.